The fourth-order valence-electron chi connectivity index (χ4n) is 14.4. The number of ketones is 2. The van der Waals surface area contributed by atoms with Crippen molar-refractivity contribution in [1.29, 1.82) is 0 Å². The molecule has 0 saturated heterocycles. The largest absolute Gasteiger partial charge is 0.481 e. The van der Waals surface area contributed by atoms with Crippen molar-refractivity contribution >= 4 is 43.5 Å². The van der Waals surface area contributed by atoms with Crippen molar-refractivity contribution in [3.63, 3.8) is 0 Å². The quantitative estimate of drug-likeness (QED) is 0.168. The highest BCUT2D eigenvalue weighted by atomic mass is 32.2. The van der Waals surface area contributed by atoms with Crippen molar-refractivity contribution < 1.29 is 41.1 Å². The van der Waals surface area contributed by atoms with Crippen LogP contribution < -0.4 is 5.73 Å². The second-order valence-corrected chi connectivity index (χ2v) is 25.4. The van der Waals surface area contributed by atoms with E-state index in [0.29, 0.717) is 60.5 Å². The van der Waals surface area contributed by atoms with Crippen LogP contribution in [0, 0.1) is 72.0 Å². The summed E-state index contributed by atoms with van der Waals surface area (Å²) in [6, 6.07) is 13.8. The van der Waals surface area contributed by atoms with Gasteiger partial charge >= 0.3 is 5.97 Å². The van der Waals surface area contributed by atoms with Gasteiger partial charge in [0.25, 0.3) is 0 Å². The average molecular weight is 922 g/mol. The van der Waals surface area contributed by atoms with E-state index >= 15 is 0 Å². The second-order valence-electron chi connectivity index (χ2n) is 21.7. The van der Waals surface area contributed by atoms with Crippen molar-refractivity contribution in [3.05, 3.63) is 59.7 Å². The Labute approximate surface area is 381 Å². The van der Waals surface area contributed by atoms with Crippen LogP contribution in [0.15, 0.2) is 58.3 Å². The SMILES string of the molecule is CCN(C(C)(C)C(=O)CC1C2CC3CC1CC(C(=O)O)(C3)C2)S(=O)(=O)c1ccccc1C.CCN(C(C)(C)C(=O)CC1C2CC3CC1CC(C(N)=O)(C3)C2)S(=O)(=O)c1ccccc1C. The van der Waals surface area contributed by atoms with Crippen LogP contribution in [0.5, 0.6) is 0 Å². The van der Waals surface area contributed by atoms with Gasteiger partial charge in [-0.3, -0.25) is 19.2 Å². The Hall–Kier alpha value is -3.46. The molecule has 8 bridgehead atoms. The minimum Gasteiger partial charge on any atom is -0.481 e. The van der Waals surface area contributed by atoms with Crippen LogP contribution in [0.4, 0.5) is 0 Å². The molecule has 2 aromatic rings. The lowest BCUT2D eigenvalue weighted by molar-refractivity contribution is -0.171. The normalized spacial score (nSPS) is 31.8. The molecule has 8 aliphatic carbocycles. The van der Waals surface area contributed by atoms with Crippen LogP contribution in [0.1, 0.15) is 130 Å². The molecule has 4 unspecified atom stereocenters. The van der Waals surface area contributed by atoms with Crippen LogP contribution in [0.2, 0.25) is 0 Å². The third-order valence-electron chi connectivity index (χ3n) is 17.3. The number of benzene rings is 2. The van der Waals surface area contributed by atoms with Crippen LogP contribution in [0.25, 0.3) is 0 Å². The number of carbonyl (C=O) groups is 4. The number of amides is 1. The maximum atomic E-state index is 13.6. The van der Waals surface area contributed by atoms with Crippen molar-refractivity contribution in [2.45, 2.75) is 153 Å². The number of Topliss-reactive ketones (excluding diaryl/α,β-unsaturated/α-hetero) is 2. The fraction of sp³-hybridized carbons (Fsp3) is 0.680. The smallest absolute Gasteiger partial charge is 0.309 e. The van der Waals surface area contributed by atoms with Gasteiger partial charge in [-0.1, -0.05) is 50.2 Å². The van der Waals surface area contributed by atoms with E-state index in [0.717, 1.165) is 51.4 Å². The first-order valence-electron chi connectivity index (χ1n) is 23.6. The number of likely N-dealkylation sites (N-methyl/N-ethyl adjacent to an activating group) is 2. The maximum Gasteiger partial charge on any atom is 0.309 e. The summed E-state index contributed by atoms with van der Waals surface area (Å²) in [5, 5.41) is 9.86. The first-order chi connectivity index (χ1) is 29.8. The number of carboxylic acid groups (broad SMARTS) is 1. The van der Waals surface area contributed by atoms with Gasteiger partial charge < -0.3 is 10.8 Å². The summed E-state index contributed by atoms with van der Waals surface area (Å²) in [7, 11) is -7.65. The first kappa shape index (κ1) is 48.5. The number of hydrogen-bond donors (Lipinski definition) is 2. The molecule has 8 aliphatic rings. The fourth-order valence-corrected chi connectivity index (χ4v) is 18.4. The molecule has 14 heteroatoms. The van der Waals surface area contributed by atoms with Crippen LogP contribution >= 0.6 is 0 Å². The van der Waals surface area contributed by atoms with E-state index in [2.05, 4.69) is 0 Å². The van der Waals surface area contributed by atoms with E-state index in [1.165, 1.54) is 8.61 Å². The number of hydrogen-bond acceptors (Lipinski definition) is 8. The number of rotatable bonds is 16. The van der Waals surface area contributed by atoms with Crippen molar-refractivity contribution in [2.24, 2.45) is 63.9 Å². The number of aryl methyl sites for hydroxylation is 2. The van der Waals surface area contributed by atoms with E-state index in [9.17, 15) is 41.1 Å². The highest BCUT2D eigenvalue weighted by molar-refractivity contribution is 7.89. The van der Waals surface area contributed by atoms with E-state index in [1.807, 2.05) is 6.07 Å². The zero-order valence-corrected chi connectivity index (χ0v) is 40.8. The standard InChI is InChI=1S/C25H36N2O4S.C25H35NO5S/c1-5-27(32(30,31)21-9-7-6-8-16(21)2)24(3,4)22(28)12-20-18-10-17-11-19(20)15-25(13-17,14-18)23(26)29;1-5-26(32(30,31)21-9-7-6-8-16(21)2)24(3,4)22(27)12-20-18-10-17-11-19(20)15-25(13-17,14-18)23(28)29/h6-9,17-20H,5,10-15H2,1-4H3,(H2,26,29);6-9,17-20H,5,10-15H2,1-4H3,(H,28,29). The summed E-state index contributed by atoms with van der Waals surface area (Å²) in [6.07, 6.45) is 9.38. The van der Waals surface area contributed by atoms with Crippen LogP contribution in [-0.2, 0) is 39.2 Å². The van der Waals surface area contributed by atoms with E-state index < -0.39 is 42.5 Å². The summed E-state index contributed by atoms with van der Waals surface area (Å²) in [4.78, 5) is 52.0. The number of carbonyl (C=O) groups excluding carboxylic acids is 3. The minimum absolute atomic E-state index is 0.0397. The van der Waals surface area contributed by atoms with Crippen molar-refractivity contribution in [1.82, 2.24) is 8.61 Å². The summed E-state index contributed by atoms with van der Waals surface area (Å²) in [5.41, 5.74) is 3.84. The molecule has 1 amide bonds. The van der Waals surface area contributed by atoms with Gasteiger partial charge in [-0.05, 0) is 176 Å². The molecule has 8 saturated carbocycles. The zero-order valence-electron chi connectivity index (χ0n) is 39.1. The summed E-state index contributed by atoms with van der Waals surface area (Å²) in [6.45, 7) is 14.4. The summed E-state index contributed by atoms with van der Waals surface area (Å²) >= 11 is 0. The Morgan fingerprint density at radius 1 is 0.609 bits per heavy atom. The van der Waals surface area contributed by atoms with Gasteiger partial charge in [0.1, 0.15) is 0 Å². The number of sulfonamides is 2. The number of primary amides is 1. The third kappa shape index (κ3) is 8.33. The van der Waals surface area contributed by atoms with Crippen molar-refractivity contribution in [2.75, 3.05) is 13.1 Å². The molecule has 2 aromatic carbocycles. The lowest BCUT2D eigenvalue weighted by Gasteiger charge is -2.59. The molecule has 0 aromatic heterocycles. The van der Waals surface area contributed by atoms with Crippen LogP contribution in [0.3, 0.4) is 0 Å². The molecule has 0 radical (unpaired) electrons. The van der Waals surface area contributed by atoms with Gasteiger partial charge in [-0.25, -0.2) is 16.8 Å². The average Bonchev–Trinajstić information content (AvgIpc) is 3.20. The Morgan fingerprint density at radius 3 is 1.25 bits per heavy atom. The molecule has 4 atom stereocenters. The molecule has 3 N–H and O–H groups in total. The van der Waals surface area contributed by atoms with Gasteiger partial charge in [-0.2, -0.15) is 8.61 Å². The molecule has 12 nitrogen and oxygen atoms in total. The van der Waals surface area contributed by atoms with Gasteiger partial charge in [-0.15, -0.1) is 0 Å². The third-order valence-corrected chi connectivity index (χ3v) is 21.9. The Bertz CT molecular complexity index is 2200. The molecular weight excluding hydrogens is 851 g/mol. The lowest BCUT2D eigenvalue weighted by Crippen LogP contribution is -2.58. The molecule has 0 spiro atoms. The van der Waals surface area contributed by atoms with Gasteiger partial charge in [0.15, 0.2) is 11.6 Å². The number of nitrogens with zero attached hydrogens (tertiary/aromatic N) is 2. The lowest BCUT2D eigenvalue weighted by atomic mass is 9.45. The minimum atomic E-state index is -3.83. The van der Waals surface area contributed by atoms with E-state index in [1.54, 1.807) is 97.9 Å². The predicted octanol–water partition coefficient (Wildman–Crippen LogP) is 7.94. The number of nitrogens with two attached hydrogens (primary N) is 1. The molecule has 352 valence electrons. The summed E-state index contributed by atoms with van der Waals surface area (Å²) < 4.78 is 56.7. The van der Waals surface area contributed by atoms with E-state index in [4.69, 9.17) is 5.73 Å². The summed E-state index contributed by atoms with van der Waals surface area (Å²) in [5.74, 6) is 1.56. The maximum absolute atomic E-state index is 13.6. The van der Waals surface area contributed by atoms with Gasteiger partial charge in [0.05, 0.1) is 26.3 Å². The Balaban J connectivity index is 0.000000191. The van der Waals surface area contributed by atoms with Crippen LogP contribution in [-0.4, -0.2) is 78.2 Å². The molecular formula is C50H71N3O9S2. The molecule has 10 rings (SSSR count). The Morgan fingerprint density at radius 2 is 0.938 bits per heavy atom. The number of carboxylic acids is 1. The Kier molecular flexibility index (Phi) is 13.1. The number of aliphatic carboxylic acids is 1. The van der Waals surface area contributed by atoms with E-state index in [-0.39, 0.29) is 69.4 Å². The second kappa shape index (κ2) is 17.3. The highest BCUT2D eigenvalue weighted by Crippen LogP contribution is 2.64. The highest BCUT2D eigenvalue weighted by Gasteiger charge is 2.60. The molecule has 8 fully saturated rings. The predicted molar refractivity (Wildman–Crippen MR) is 245 cm³/mol. The monoisotopic (exact) mass is 921 g/mol. The van der Waals surface area contributed by atoms with Gasteiger partial charge in [0.2, 0.25) is 26.0 Å². The molecule has 0 aliphatic heterocycles. The van der Waals surface area contributed by atoms with Crippen molar-refractivity contribution in [3.8, 4) is 0 Å². The topological polar surface area (TPSA) is 189 Å². The van der Waals surface area contributed by atoms with Gasteiger partial charge in [0, 0.05) is 31.3 Å². The molecule has 64 heavy (non-hydrogen) atoms. The zero-order chi connectivity index (χ0) is 46.9. The first-order valence-corrected chi connectivity index (χ1v) is 26.5. The molecule has 0 heterocycles.